The summed E-state index contributed by atoms with van der Waals surface area (Å²) in [5, 5.41) is 13.2. The normalized spacial score (nSPS) is 14.1. The molecule has 10 heteroatoms. The predicted octanol–water partition coefficient (Wildman–Crippen LogP) is 4.38. The maximum absolute atomic E-state index is 12.9. The molecule has 2 aromatic carbocycles. The van der Waals surface area contributed by atoms with Crippen LogP contribution in [0.15, 0.2) is 42.5 Å². The molecule has 4 N–H and O–H groups in total. The fourth-order valence-electron chi connectivity index (χ4n) is 4.22. The molecule has 0 radical (unpaired) electrons. The van der Waals surface area contributed by atoms with Crippen molar-refractivity contribution in [2.75, 3.05) is 34.0 Å². The third-order valence-corrected chi connectivity index (χ3v) is 6.62. The van der Waals surface area contributed by atoms with E-state index in [1.54, 1.807) is 14.2 Å². The molecule has 7 nitrogen and oxygen atoms in total. The van der Waals surface area contributed by atoms with Crippen LogP contribution in [0, 0.1) is 11.8 Å². The van der Waals surface area contributed by atoms with E-state index in [2.05, 4.69) is 19.2 Å². The molecule has 0 aromatic heterocycles. The Labute approximate surface area is 228 Å². The molecule has 0 fully saturated rings. The van der Waals surface area contributed by atoms with Gasteiger partial charge in [-0.2, -0.15) is 13.2 Å². The second kappa shape index (κ2) is 15.7. The topological polar surface area (TPSA) is 103 Å². The third kappa shape index (κ3) is 11.1. The van der Waals surface area contributed by atoms with Gasteiger partial charge in [-0.3, -0.25) is 4.79 Å². The molecule has 2 aromatic rings. The Balaban J connectivity index is 1.93. The molecule has 0 aliphatic carbocycles. The number of hydrogen-bond donors (Lipinski definition) is 3. The van der Waals surface area contributed by atoms with E-state index in [0.717, 1.165) is 24.1 Å². The first-order valence-electron chi connectivity index (χ1n) is 13.1. The number of alkyl halides is 3. The van der Waals surface area contributed by atoms with Crippen molar-refractivity contribution in [3.63, 3.8) is 0 Å². The number of carbonyl (C=O) groups is 1. The number of ether oxygens (including phenoxy) is 3. The Hall–Kier alpha value is -2.82. The van der Waals surface area contributed by atoms with Crippen LogP contribution >= 0.6 is 0 Å². The summed E-state index contributed by atoms with van der Waals surface area (Å²) in [5.74, 6) is 1.22. The highest BCUT2D eigenvalue weighted by molar-refractivity contribution is 5.78. The van der Waals surface area contributed by atoms with Crippen LogP contribution in [0.4, 0.5) is 13.2 Å². The van der Waals surface area contributed by atoms with Crippen LogP contribution in [0.25, 0.3) is 0 Å². The first-order chi connectivity index (χ1) is 18.4. The summed E-state index contributed by atoms with van der Waals surface area (Å²) in [6.45, 7) is 5.19. The second-order valence-electron chi connectivity index (χ2n) is 10.0. The van der Waals surface area contributed by atoms with Crippen molar-refractivity contribution in [2.24, 2.45) is 17.6 Å². The molecule has 218 valence electrons. The molecule has 0 aliphatic heterocycles. The van der Waals surface area contributed by atoms with Gasteiger partial charge in [0.05, 0.1) is 31.8 Å². The maximum atomic E-state index is 12.9. The van der Waals surface area contributed by atoms with Gasteiger partial charge in [-0.1, -0.05) is 38.1 Å². The Bertz CT molecular complexity index is 1030. The summed E-state index contributed by atoms with van der Waals surface area (Å²) >= 11 is 0. The van der Waals surface area contributed by atoms with E-state index in [1.807, 2.05) is 18.2 Å². The molecule has 0 heterocycles. The zero-order valence-electron chi connectivity index (χ0n) is 23.1. The number of benzene rings is 2. The molecule has 0 saturated carbocycles. The first-order valence-corrected chi connectivity index (χ1v) is 13.1. The van der Waals surface area contributed by atoms with Crippen molar-refractivity contribution in [2.45, 2.75) is 57.9 Å². The molecule has 39 heavy (non-hydrogen) atoms. The van der Waals surface area contributed by atoms with Crippen LogP contribution in [0.3, 0.4) is 0 Å². The highest BCUT2D eigenvalue weighted by Crippen LogP contribution is 2.32. The number of amides is 1. The minimum Gasteiger partial charge on any atom is -0.493 e. The maximum Gasteiger partial charge on any atom is 0.416 e. The van der Waals surface area contributed by atoms with Crippen LogP contribution in [-0.2, 0) is 28.5 Å². The van der Waals surface area contributed by atoms with Gasteiger partial charge in [0.1, 0.15) is 0 Å². The van der Waals surface area contributed by atoms with E-state index in [4.69, 9.17) is 19.9 Å². The summed E-state index contributed by atoms with van der Waals surface area (Å²) in [7, 11) is 3.23. The minimum atomic E-state index is -4.48. The molecular weight excluding hydrogens is 513 g/mol. The molecule has 2 rings (SSSR count). The van der Waals surface area contributed by atoms with Crippen LogP contribution in [0.2, 0.25) is 0 Å². The van der Waals surface area contributed by atoms with E-state index >= 15 is 0 Å². The molecular formula is C29H41F3N2O5. The lowest BCUT2D eigenvalue weighted by Crippen LogP contribution is -2.45. The Kier molecular flexibility index (Phi) is 13.0. The smallest absolute Gasteiger partial charge is 0.416 e. The largest absolute Gasteiger partial charge is 0.493 e. The molecule has 0 unspecified atom stereocenters. The number of aliphatic hydroxyl groups excluding tert-OH is 1. The zero-order valence-corrected chi connectivity index (χ0v) is 23.1. The van der Waals surface area contributed by atoms with Crippen molar-refractivity contribution < 1.29 is 37.3 Å². The van der Waals surface area contributed by atoms with Crippen molar-refractivity contribution in [3.05, 3.63) is 59.2 Å². The van der Waals surface area contributed by atoms with Crippen LogP contribution in [-0.4, -0.2) is 57.1 Å². The van der Waals surface area contributed by atoms with Gasteiger partial charge in [0.2, 0.25) is 5.91 Å². The number of methoxy groups -OCH3 is 2. The highest BCUT2D eigenvalue weighted by Gasteiger charge is 2.30. The number of nitrogens with two attached hydrogens (primary N) is 1. The number of hydrogen-bond acceptors (Lipinski definition) is 6. The van der Waals surface area contributed by atoms with Gasteiger partial charge in [-0.15, -0.1) is 0 Å². The minimum absolute atomic E-state index is 0.0915. The summed E-state index contributed by atoms with van der Waals surface area (Å²) in [6.07, 6.45) is -3.74. The number of rotatable bonds is 16. The van der Waals surface area contributed by atoms with Crippen LogP contribution in [0.1, 0.15) is 43.4 Å². The Morgan fingerprint density at radius 1 is 1.05 bits per heavy atom. The summed E-state index contributed by atoms with van der Waals surface area (Å²) in [6, 6.07) is 9.83. The fourth-order valence-corrected chi connectivity index (χ4v) is 4.22. The fraction of sp³-hybridized carbons (Fsp3) is 0.552. The second-order valence-corrected chi connectivity index (χ2v) is 10.0. The number of nitrogens with one attached hydrogen (secondary N) is 1. The number of aliphatic hydroxyl groups is 1. The van der Waals surface area contributed by atoms with Crippen LogP contribution < -0.4 is 20.5 Å². The predicted molar refractivity (Wildman–Crippen MR) is 144 cm³/mol. The highest BCUT2D eigenvalue weighted by atomic mass is 19.4. The molecule has 0 bridgehead atoms. The summed E-state index contributed by atoms with van der Waals surface area (Å²) in [4.78, 5) is 12.3. The monoisotopic (exact) mass is 554 g/mol. The first kappa shape index (κ1) is 32.4. The van der Waals surface area contributed by atoms with Gasteiger partial charge in [0, 0.05) is 32.7 Å². The van der Waals surface area contributed by atoms with Gasteiger partial charge >= 0.3 is 6.18 Å². The van der Waals surface area contributed by atoms with Crippen molar-refractivity contribution in [1.29, 1.82) is 0 Å². The lowest BCUT2D eigenvalue weighted by molar-refractivity contribution is -0.137. The summed E-state index contributed by atoms with van der Waals surface area (Å²) < 4.78 is 55.1. The van der Waals surface area contributed by atoms with Gasteiger partial charge < -0.3 is 30.4 Å². The van der Waals surface area contributed by atoms with Gasteiger partial charge in [-0.05, 0) is 54.0 Å². The SMILES string of the molecule is COCCCOc1cc(C[C@@H](C[C@H](N)[C@@H](O)CNC(=O)Cc2cccc(C(F)(F)F)c2)C(C)C)ccc1OC. The van der Waals surface area contributed by atoms with Gasteiger partial charge in [0.15, 0.2) is 11.5 Å². The Morgan fingerprint density at radius 2 is 1.79 bits per heavy atom. The number of halogens is 3. The standard InChI is InChI=1S/C29H41F3N2O5/c1-19(2)22(13-21-9-10-26(38-4)27(15-21)39-12-6-11-37-3)17-24(33)25(35)18-34-28(36)16-20-7-5-8-23(14-20)29(30,31)32/h5,7-10,14-15,19,22,24-25,35H,6,11-13,16-18,33H2,1-4H3,(H,34,36)/t22-,24-,25-/m0/s1. The third-order valence-electron chi connectivity index (χ3n) is 6.62. The van der Waals surface area contributed by atoms with Crippen molar-refractivity contribution in [3.8, 4) is 11.5 Å². The average Bonchev–Trinajstić information content (AvgIpc) is 2.89. The van der Waals surface area contributed by atoms with Crippen molar-refractivity contribution >= 4 is 5.91 Å². The van der Waals surface area contributed by atoms with Gasteiger partial charge in [-0.25, -0.2) is 0 Å². The molecule has 0 saturated heterocycles. The van der Waals surface area contributed by atoms with E-state index in [1.165, 1.54) is 12.1 Å². The zero-order chi connectivity index (χ0) is 29.0. The van der Waals surface area contributed by atoms with E-state index < -0.39 is 29.8 Å². The lowest BCUT2D eigenvalue weighted by Gasteiger charge is -2.27. The van der Waals surface area contributed by atoms with E-state index in [0.29, 0.717) is 37.6 Å². The molecule has 3 atom stereocenters. The average molecular weight is 555 g/mol. The summed E-state index contributed by atoms with van der Waals surface area (Å²) in [5.41, 5.74) is 6.78. The molecule has 1 amide bonds. The van der Waals surface area contributed by atoms with Gasteiger partial charge in [0.25, 0.3) is 0 Å². The lowest BCUT2D eigenvalue weighted by atomic mass is 9.83. The van der Waals surface area contributed by atoms with E-state index in [-0.39, 0.29) is 30.4 Å². The van der Waals surface area contributed by atoms with E-state index in [9.17, 15) is 23.1 Å². The number of carbonyl (C=O) groups excluding carboxylic acids is 1. The molecule has 0 spiro atoms. The van der Waals surface area contributed by atoms with Crippen LogP contribution in [0.5, 0.6) is 11.5 Å². The van der Waals surface area contributed by atoms with Crippen molar-refractivity contribution in [1.82, 2.24) is 5.32 Å². The molecule has 0 aliphatic rings. The quantitative estimate of drug-likeness (QED) is 0.266. The Morgan fingerprint density at radius 3 is 2.44 bits per heavy atom.